The summed E-state index contributed by atoms with van der Waals surface area (Å²) in [7, 11) is 0. The zero-order valence-electron chi connectivity index (χ0n) is 47.8. The molecule has 4 aliphatic rings. The second-order valence-corrected chi connectivity index (χ2v) is 58.0. The van der Waals surface area contributed by atoms with Crippen molar-refractivity contribution in [1.82, 2.24) is 0 Å². The minimum Gasteiger partial charge on any atom is -1.00 e. The summed E-state index contributed by atoms with van der Waals surface area (Å²) in [6.45, 7) is 9.05. The molecular formula is C76H72Cl2Hf2Si2-2. The van der Waals surface area contributed by atoms with E-state index in [1.807, 2.05) is 0 Å². The molecule has 82 heavy (non-hydrogen) atoms. The van der Waals surface area contributed by atoms with Crippen LogP contribution in [0.4, 0.5) is 0 Å². The number of benzene rings is 8. The molecule has 0 unspecified atom stereocenters. The van der Waals surface area contributed by atoms with Crippen LogP contribution < -0.4 is 45.6 Å². The molecular weight excluding hydrogens is 1400 g/mol. The third kappa shape index (κ3) is 13.8. The Morgan fingerprint density at radius 1 is 0.280 bits per heavy atom. The van der Waals surface area contributed by atoms with E-state index in [1.165, 1.54) is 66.8 Å². The average molecular weight is 1470 g/mol. The van der Waals surface area contributed by atoms with Gasteiger partial charge in [-0.15, -0.1) is 0 Å². The van der Waals surface area contributed by atoms with Gasteiger partial charge in [0.1, 0.15) is 0 Å². The van der Waals surface area contributed by atoms with Crippen molar-refractivity contribution < 1.29 is 64.9 Å². The van der Waals surface area contributed by atoms with Crippen molar-refractivity contribution in [1.29, 1.82) is 0 Å². The van der Waals surface area contributed by atoms with Crippen molar-refractivity contribution in [3.05, 3.63) is 325 Å². The largest absolute Gasteiger partial charge is 1.00 e. The van der Waals surface area contributed by atoms with E-state index in [0.717, 1.165) is 51.4 Å². The van der Waals surface area contributed by atoms with E-state index in [-0.39, 0.29) is 24.8 Å². The molecule has 0 N–H and O–H groups in total. The molecule has 0 saturated heterocycles. The predicted molar refractivity (Wildman–Crippen MR) is 342 cm³/mol. The molecule has 4 aliphatic carbocycles. The Kier molecular flexibility index (Phi) is 22.2. The standard InChI is InChI=1S/4C13H13.2C12H10Si.2ClH.2Hf/c4*1-2-11-6-5-9-13(10-11)12-7-3-4-8-12;2*1-3-7-11(8-4-1)13-12-9-5-2-6-10-12;;;;/h4*3,5-7,9-10H,2,4H2,1H3;2*1-10H;2*1H;;/p-2. The average Bonchev–Trinajstić information content (AvgIpc) is 4.42. The molecule has 8 aromatic rings. The summed E-state index contributed by atoms with van der Waals surface area (Å²) < 4.78 is 7.18. The molecule has 0 amide bonds. The van der Waals surface area contributed by atoms with E-state index < -0.39 is 51.1 Å². The predicted octanol–water partition coefficient (Wildman–Crippen LogP) is 10.6. The van der Waals surface area contributed by atoms with Crippen molar-refractivity contribution in [2.24, 2.45) is 0 Å². The van der Waals surface area contributed by atoms with Crippen LogP contribution in [0, 0.1) is 0 Å². The quantitative estimate of drug-likeness (QED) is 0.0846. The maximum atomic E-state index is 2.45. The number of aryl methyl sites for hydroxylation is 4. The molecule has 0 radical (unpaired) electrons. The smallest absolute Gasteiger partial charge is 1.00 e. The van der Waals surface area contributed by atoms with E-state index in [0.29, 0.717) is 0 Å². The van der Waals surface area contributed by atoms with Crippen LogP contribution in [-0.2, 0) is 65.8 Å². The number of hydrogen-bond acceptors (Lipinski definition) is 0. The third-order valence-electron chi connectivity index (χ3n) is 16.3. The van der Waals surface area contributed by atoms with Crippen molar-refractivity contribution >= 4 is 54.0 Å². The third-order valence-corrected chi connectivity index (χ3v) is 69.5. The summed E-state index contributed by atoms with van der Waals surface area (Å²) in [5.41, 5.74) is 15.4. The van der Waals surface area contributed by atoms with Gasteiger partial charge in [-0.1, -0.05) is 0 Å². The molecule has 12 rings (SSSR count). The first kappa shape index (κ1) is 61.0. The number of allylic oxidation sites excluding steroid dienone is 16. The van der Waals surface area contributed by atoms with Gasteiger partial charge in [-0.2, -0.15) is 0 Å². The molecule has 0 aliphatic heterocycles. The van der Waals surface area contributed by atoms with Crippen LogP contribution in [0.15, 0.2) is 280 Å². The SMILES string of the molecule is CCc1cccc(C2=[C]([Hf]([C]3=C(c4cccc(CC)c4)C=CC3)=[Si](c3ccccc3)c3ccccc3)CC=C2)c1.CCc1cccc(C2=[C]([Hf]([C]3=C(c4cccc(CC)c4)C=CC3)=[Si](c3ccccc3)c3ccccc3)CC=C2)c1.[Cl-].[Cl-]. The fourth-order valence-corrected chi connectivity index (χ4v) is 72.1. The van der Waals surface area contributed by atoms with E-state index in [9.17, 15) is 0 Å². The van der Waals surface area contributed by atoms with Crippen LogP contribution in [0.2, 0.25) is 0 Å². The summed E-state index contributed by atoms with van der Waals surface area (Å²) in [4.78, 5) is 0. The first-order chi connectivity index (χ1) is 39.5. The van der Waals surface area contributed by atoms with Gasteiger partial charge in [-0.05, 0) is 0 Å². The minimum atomic E-state index is -2.75. The van der Waals surface area contributed by atoms with E-state index >= 15 is 0 Å². The second-order valence-electron chi connectivity index (χ2n) is 21.2. The van der Waals surface area contributed by atoms with Crippen LogP contribution >= 0.6 is 0 Å². The minimum absolute atomic E-state index is 0. The maximum absolute atomic E-state index is 2.75. The Hall–Kier alpha value is -5.57. The Morgan fingerprint density at radius 3 is 0.707 bits per heavy atom. The monoisotopic (exact) mass is 1470 g/mol. The van der Waals surface area contributed by atoms with E-state index in [4.69, 9.17) is 0 Å². The van der Waals surface area contributed by atoms with Crippen LogP contribution in [0.1, 0.15) is 97.9 Å². The van der Waals surface area contributed by atoms with Gasteiger partial charge in [0.25, 0.3) is 0 Å². The van der Waals surface area contributed by atoms with Crippen molar-refractivity contribution in [3.63, 3.8) is 0 Å². The van der Waals surface area contributed by atoms with Gasteiger partial charge in [0.2, 0.25) is 0 Å². The molecule has 0 aromatic heterocycles. The van der Waals surface area contributed by atoms with E-state index in [2.05, 4.69) is 295 Å². The van der Waals surface area contributed by atoms with Crippen LogP contribution in [-0.4, -0.2) is 11.0 Å². The van der Waals surface area contributed by atoms with Crippen molar-refractivity contribution in [2.45, 2.75) is 79.1 Å². The second kappa shape index (κ2) is 29.8. The Morgan fingerprint density at radius 2 is 0.500 bits per heavy atom. The first-order valence-corrected chi connectivity index (χ1v) is 50.2. The molecule has 0 spiro atoms. The molecule has 0 fully saturated rings. The summed E-state index contributed by atoms with van der Waals surface area (Å²) in [5.74, 6) is 0. The zero-order valence-corrected chi connectivity index (χ0v) is 58.5. The Balaban J connectivity index is 0.000000193. The van der Waals surface area contributed by atoms with Crippen LogP contribution in [0.3, 0.4) is 0 Å². The number of rotatable bonds is 16. The van der Waals surface area contributed by atoms with Gasteiger partial charge in [-0.3, -0.25) is 0 Å². The van der Waals surface area contributed by atoms with Gasteiger partial charge in [0.05, 0.1) is 0 Å². The Labute approximate surface area is 517 Å². The first-order valence-electron chi connectivity index (χ1n) is 29.2. The van der Waals surface area contributed by atoms with Crippen LogP contribution in [0.25, 0.3) is 22.3 Å². The maximum Gasteiger partial charge on any atom is -1.00 e. The summed E-state index contributed by atoms with van der Waals surface area (Å²) in [6, 6.07) is 83.4. The van der Waals surface area contributed by atoms with Gasteiger partial charge in [0, 0.05) is 0 Å². The van der Waals surface area contributed by atoms with Gasteiger partial charge in [0.15, 0.2) is 0 Å². The molecule has 0 saturated carbocycles. The van der Waals surface area contributed by atoms with E-state index in [1.54, 1.807) is 34.1 Å². The number of halogens is 2. The molecule has 0 bridgehead atoms. The van der Waals surface area contributed by atoms with Gasteiger partial charge < -0.3 is 24.8 Å². The fraction of sp³-hybridized carbons (Fsp3) is 0.158. The molecule has 6 heteroatoms. The topological polar surface area (TPSA) is 0 Å². The van der Waals surface area contributed by atoms with Crippen molar-refractivity contribution in [2.75, 3.05) is 0 Å². The van der Waals surface area contributed by atoms with Gasteiger partial charge >= 0.3 is 498 Å². The fourth-order valence-electron chi connectivity index (χ4n) is 12.2. The Bertz CT molecular complexity index is 3390. The van der Waals surface area contributed by atoms with Crippen molar-refractivity contribution in [3.8, 4) is 0 Å². The molecule has 0 atom stereocenters. The zero-order chi connectivity index (χ0) is 54.6. The van der Waals surface area contributed by atoms with Gasteiger partial charge in [-0.25, -0.2) is 0 Å². The summed E-state index contributed by atoms with van der Waals surface area (Å²) in [5, 5.41) is 6.29. The molecule has 0 heterocycles. The summed E-state index contributed by atoms with van der Waals surface area (Å²) >= 11 is -5.51. The molecule has 0 nitrogen and oxygen atoms in total. The number of hydrogen-bond donors (Lipinski definition) is 0. The normalized spacial score (nSPS) is 14.0. The van der Waals surface area contributed by atoms with Crippen LogP contribution in [0.5, 0.6) is 0 Å². The molecule has 408 valence electrons. The summed E-state index contributed by atoms with van der Waals surface area (Å²) in [6.07, 6.45) is 28.3. The molecule has 8 aromatic carbocycles.